The summed E-state index contributed by atoms with van der Waals surface area (Å²) in [4.78, 5) is 23.1. The van der Waals surface area contributed by atoms with E-state index in [0.29, 0.717) is 12.0 Å². The van der Waals surface area contributed by atoms with Crippen LogP contribution in [0, 0.1) is 5.92 Å². The average Bonchev–Trinajstić information content (AvgIpc) is 2.43. The first-order valence-corrected chi connectivity index (χ1v) is 6.31. The van der Waals surface area contributed by atoms with Crippen LogP contribution in [0.1, 0.15) is 31.9 Å². The number of nitrogens with one attached hydrogen (secondary N) is 1. The van der Waals surface area contributed by atoms with Gasteiger partial charge in [-0.2, -0.15) is 0 Å². The highest BCUT2D eigenvalue weighted by atomic mass is 16.4. The molecule has 0 bridgehead atoms. The van der Waals surface area contributed by atoms with E-state index in [1.807, 2.05) is 13.0 Å². The molecule has 0 radical (unpaired) electrons. The molecule has 5 nitrogen and oxygen atoms in total. The Morgan fingerprint density at radius 1 is 1.32 bits per heavy atom. The third kappa shape index (κ3) is 4.06. The molecule has 0 heterocycles. The van der Waals surface area contributed by atoms with E-state index in [-0.39, 0.29) is 5.92 Å². The standard InChI is InChI=1S/C14H20N2O3/c1-3-9(2)12(14(18)19)16-13(17)11(15)10-7-5-4-6-8-10/h4-9,11-12H,3,15H2,1-2H3,(H,16,17)(H,18,19)/t9?,11-,12+/m1/s1. The number of carboxylic acid groups (broad SMARTS) is 1. The number of carboxylic acids is 1. The minimum Gasteiger partial charge on any atom is -0.480 e. The Bertz CT molecular complexity index is 434. The molecule has 0 fully saturated rings. The maximum Gasteiger partial charge on any atom is 0.326 e. The fraction of sp³-hybridized carbons (Fsp3) is 0.429. The van der Waals surface area contributed by atoms with E-state index in [0.717, 1.165) is 0 Å². The molecule has 0 spiro atoms. The summed E-state index contributed by atoms with van der Waals surface area (Å²) in [5, 5.41) is 11.6. The van der Waals surface area contributed by atoms with Gasteiger partial charge in [0, 0.05) is 0 Å². The summed E-state index contributed by atoms with van der Waals surface area (Å²) in [6.07, 6.45) is 0.665. The van der Waals surface area contributed by atoms with Crippen LogP contribution in [0.2, 0.25) is 0 Å². The molecule has 1 aromatic rings. The molecule has 19 heavy (non-hydrogen) atoms. The normalized spacial score (nSPS) is 15.3. The summed E-state index contributed by atoms with van der Waals surface area (Å²) in [5.74, 6) is -1.66. The van der Waals surface area contributed by atoms with E-state index in [9.17, 15) is 9.59 Å². The molecule has 0 aliphatic carbocycles. The Morgan fingerprint density at radius 2 is 1.89 bits per heavy atom. The van der Waals surface area contributed by atoms with E-state index < -0.39 is 24.0 Å². The minimum absolute atomic E-state index is 0.149. The lowest BCUT2D eigenvalue weighted by atomic mass is 9.98. The Labute approximate surface area is 112 Å². The highest BCUT2D eigenvalue weighted by Crippen LogP contribution is 2.12. The zero-order valence-electron chi connectivity index (χ0n) is 11.2. The number of rotatable bonds is 6. The summed E-state index contributed by atoms with van der Waals surface area (Å²) in [7, 11) is 0. The van der Waals surface area contributed by atoms with E-state index in [2.05, 4.69) is 5.32 Å². The van der Waals surface area contributed by atoms with Crippen molar-refractivity contribution in [3.63, 3.8) is 0 Å². The van der Waals surface area contributed by atoms with Crippen molar-refractivity contribution < 1.29 is 14.7 Å². The van der Waals surface area contributed by atoms with Crippen LogP contribution in [0.4, 0.5) is 0 Å². The fourth-order valence-corrected chi connectivity index (χ4v) is 1.74. The molecule has 4 N–H and O–H groups in total. The molecule has 104 valence electrons. The van der Waals surface area contributed by atoms with Gasteiger partial charge in [-0.25, -0.2) is 4.79 Å². The van der Waals surface area contributed by atoms with Crippen molar-refractivity contribution in [3.05, 3.63) is 35.9 Å². The molecule has 1 amide bonds. The maximum absolute atomic E-state index is 12.0. The van der Waals surface area contributed by atoms with Gasteiger partial charge in [0.05, 0.1) is 0 Å². The molecule has 5 heteroatoms. The van der Waals surface area contributed by atoms with E-state index in [1.165, 1.54) is 0 Å². The van der Waals surface area contributed by atoms with Crippen molar-refractivity contribution >= 4 is 11.9 Å². The zero-order valence-corrected chi connectivity index (χ0v) is 11.2. The van der Waals surface area contributed by atoms with Gasteiger partial charge in [0.1, 0.15) is 12.1 Å². The van der Waals surface area contributed by atoms with Gasteiger partial charge >= 0.3 is 5.97 Å². The Hall–Kier alpha value is -1.88. The Kier molecular flexibility index (Phi) is 5.51. The van der Waals surface area contributed by atoms with Crippen LogP contribution in [-0.2, 0) is 9.59 Å². The molecule has 3 atom stereocenters. The summed E-state index contributed by atoms with van der Waals surface area (Å²) in [6, 6.07) is 7.11. The lowest BCUT2D eigenvalue weighted by Gasteiger charge is -2.22. The summed E-state index contributed by atoms with van der Waals surface area (Å²) in [6.45, 7) is 3.66. The number of nitrogens with two attached hydrogens (primary N) is 1. The predicted octanol–water partition coefficient (Wildman–Crippen LogP) is 1.30. The van der Waals surface area contributed by atoms with Gasteiger partial charge in [-0.3, -0.25) is 4.79 Å². The number of benzene rings is 1. The molecule has 0 aromatic heterocycles. The molecule has 0 saturated heterocycles. The van der Waals surface area contributed by atoms with Gasteiger partial charge in [0.15, 0.2) is 0 Å². The summed E-state index contributed by atoms with van der Waals surface area (Å²) in [5.41, 5.74) is 6.48. The van der Waals surface area contributed by atoms with Crippen molar-refractivity contribution in [1.29, 1.82) is 0 Å². The zero-order chi connectivity index (χ0) is 14.4. The molecular weight excluding hydrogens is 244 g/mol. The van der Waals surface area contributed by atoms with Gasteiger partial charge in [-0.05, 0) is 11.5 Å². The van der Waals surface area contributed by atoms with Crippen LogP contribution in [-0.4, -0.2) is 23.0 Å². The van der Waals surface area contributed by atoms with Crippen LogP contribution >= 0.6 is 0 Å². The van der Waals surface area contributed by atoms with Gasteiger partial charge < -0.3 is 16.2 Å². The lowest BCUT2D eigenvalue weighted by Crippen LogP contribution is -2.48. The van der Waals surface area contributed by atoms with Crippen molar-refractivity contribution in [3.8, 4) is 0 Å². The molecule has 1 unspecified atom stereocenters. The third-order valence-corrected chi connectivity index (χ3v) is 3.22. The summed E-state index contributed by atoms with van der Waals surface area (Å²) >= 11 is 0. The van der Waals surface area contributed by atoms with Gasteiger partial charge in [0.2, 0.25) is 5.91 Å². The van der Waals surface area contributed by atoms with Crippen LogP contribution in [0.3, 0.4) is 0 Å². The van der Waals surface area contributed by atoms with Crippen LogP contribution < -0.4 is 11.1 Å². The first-order chi connectivity index (χ1) is 8.97. The first-order valence-electron chi connectivity index (χ1n) is 6.31. The lowest BCUT2D eigenvalue weighted by molar-refractivity contribution is -0.143. The highest BCUT2D eigenvalue weighted by molar-refractivity contribution is 5.87. The van der Waals surface area contributed by atoms with Crippen LogP contribution in [0.25, 0.3) is 0 Å². The number of hydrogen-bond donors (Lipinski definition) is 3. The number of aliphatic carboxylic acids is 1. The second-order valence-electron chi connectivity index (χ2n) is 4.60. The molecule has 1 rings (SSSR count). The first kappa shape index (κ1) is 15.2. The average molecular weight is 264 g/mol. The topological polar surface area (TPSA) is 92.4 Å². The van der Waals surface area contributed by atoms with Crippen molar-refractivity contribution in [2.75, 3.05) is 0 Å². The largest absolute Gasteiger partial charge is 0.480 e. The predicted molar refractivity (Wildman–Crippen MR) is 72.4 cm³/mol. The van der Waals surface area contributed by atoms with Crippen molar-refractivity contribution in [2.24, 2.45) is 11.7 Å². The molecule has 0 aliphatic rings. The maximum atomic E-state index is 12.0. The smallest absolute Gasteiger partial charge is 0.326 e. The molecular formula is C14H20N2O3. The van der Waals surface area contributed by atoms with Crippen molar-refractivity contribution in [1.82, 2.24) is 5.32 Å². The fourth-order valence-electron chi connectivity index (χ4n) is 1.74. The second-order valence-corrected chi connectivity index (χ2v) is 4.60. The number of carbonyl (C=O) groups is 2. The third-order valence-electron chi connectivity index (χ3n) is 3.22. The van der Waals surface area contributed by atoms with Crippen LogP contribution in [0.15, 0.2) is 30.3 Å². The molecule has 1 aromatic carbocycles. The van der Waals surface area contributed by atoms with Gasteiger partial charge in [-0.1, -0.05) is 50.6 Å². The second kappa shape index (κ2) is 6.89. The SMILES string of the molecule is CCC(C)[C@H](NC(=O)[C@H](N)c1ccccc1)C(=O)O. The number of amides is 1. The van der Waals surface area contributed by atoms with Crippen LogP contribution in [0.5, 0.6) is 0 Å². The number of carbonyl (C=O) groups excluding carboxylic acids is 1. The number of hydrogen-bond acceptors (Lipinski definition) is 3. The minimum atomic E-state index is -1.04. The summed E-state index contributed by atoms with van der Waals surface area (Å²) < 4.78 is 0. The monoisotopic (exact) mass is 264 g/mol. The molecule has 0 aliphatic heterocycles. The van der Waals surface area contributed by atoms with Crippen molar-refractivity contribution in [2.45, 2.75) is 32.4 Å². The van der Waals surface area contributed by atoms with Gasteiger partial charge in [-0.15, -0.1) is 0 Å². The Morgan fingerprint density at radius 3 is 2.37 bits per heavy atom. The highest BCUT2D eigenvalue weighted by Gasteiger charge is 2.27. The van der Waals surface area contributed by atoms with E-state index in [4.69, 9.17) is 10.8 Å². The van der Waals surface area contributed by atoms with Gasteiger partial charge in [0.25, 0.3) is 0 Å². The van der Waals surface area contributed by atoms with E-state index in [1.54, 1.807) is 31.2 Å². The quantitative estimate of drug-likeness (QED) is 0.722. The van der Waals surface area contributed by atoms with E-state index >= 15 is 0 Å². The molecule has 0 saturated carbocycles. The Balaban J connectivity index is 2.75.